The number of aromatic nitrogens is 4. The number of aromatic carboxylic acids is 1. The first-order valence-electron chi connectivity index (χ1n) is 17.2. The van der Waals surface area contributed by atoms with E-state index in [2.05, 4.69) is 25.9 Å². The van der Waals surface area contributed by atoms with E-state index < -0.39 is 72.4 Å². The van der Waals surface area contributed by atoms with Crippen molar-refractivity contribution in [2.24, 2.45) is 10.8 Å². The number of nitrogens with zero attached hydrogens (tertiary/aromatic N) is 5. The van der Waals surface area contributed by atoms with E-state index in [1.807, 2.05) is 0 Å². The van der Waals surface area contributed by atoms with E-state index in [1.165, 1.54) is 38.8 Å². The Labute approximate surface area is 352 Å². The van der Waals surface area contributed by atoms with Gasteiger partial charge in [0.1, 0.15) is 40.3 Å². The molecule has 18 nitrogen and oxygen atoms in total. The summed E-state index contributed by atoms with van der Waals surface area (Å²) < 4.78 is 82.2. The highest BCUT2D eigenvalue weighted by Crippen LogP contribution is 2.35. The quantitative estimate of drug-likeness (QED) is 0.0227. The van der Waals surface area contributed by atoms with Gasteiger partial charge in [-0.25, -0.2) is 37.5 Å². The molecule has 0 aliphatic rings. The summed E-state index contributed by atoms with van der Waals surface area (Å²) in [6, 6.07) is 5.47. The molecular formula is C35H38Cl2F5N8O10P. The van der Waals surface area contributed by atoms with Gasteiger partial charge in [-0.2, -0.15) is 18.6 Å². The predicted molar refractivity (Wildman–Crippen MR) is 212 cm³/mol. The fourth-order valence-electron chi connectivity index (χ4n) is 4.61. The number of hydrogen-bond acceptors (Lipinski definition) is 11. The van der Waals surface area contributed by atoms with Gasteiger partial charge in [0, 0.05) is 42.2 Å². The summed E-state index contributed by atoms with van der Waals surface area (Å²) in [7, 11) is -3.10. The molecule has 0 saturated heterocycles. The molecule has 0 fully saturated rings. The molecule has 7 N–H and O–H groups in total. The second kappa shape index (κ2) is 23.3. The van der Waals surface area contributed by atoms with Gasteiger partial charge in [-0.3, -0.25) is 19.1 Å². The van der Waals surface area contributed by atoms with Crippen LogP contribution in [0, 0.1) is 24.4 Å². The van der Waals surface area contributed by atoms with Crippen molar-refractivity contribution in [2.45, 2.75) is 51.6 Å². The van der Waals surface area contributed by atoms with E-state index in [0.717, 1.165) is 24.3 Å². The van der Waals surface area contributed by atoms with Crippen molar-refractivity contribution in [2.75, 3.05) is 24.8 Å². The highest BCUT2D eigenvalue weighted by molar-refractivity contribution is 7.57. The maximum absolute atomic E-state index is 14.2. The van der Waals surface area contributed by atoms with Crippen molar-refractivity contribution in [1.82, 2.24) is 24.8 Å². The minimum absolute atomic E-state index is 0.0412. The van der Waals surface area contributed by atoms with Crippen LogP contribution in [-0.4, -0.2) is 94.9 Å². The molecule has 2 heterocycles. The molecule has 3 atom stereocenters. The largest absolute Gasteiger partial charge is 0.480 e. The van der Waals surface area contributed by atoms with Crippen LogP contribution in [0.3, 0.4) is 0 Å². The Morgan fingerprint density at radius 3 is 2.23 bits per heavy atom. The van der Waals surface area contributed by atoms with E-state index >= 15 is 0 Å². The number of hydrazone groups is 1. The number of carbonyl (C=O) groups is 4. The molecule has 61 heavy (non-hydrogen) atoms. The van der Waals surface area contributed by atoms with Gasteiger partial charge in [0.25, 0.3) is 0 Å². The number of amides is 2. The molecule has 0 bridgehead atoms. The number of carboxylic acids is 2. The smallest absolute Gasteiger partial charge is 0.355 e. The van der Waals surface area contributed by atoms with E-state index in [-0.39, 0.29) is 74.9 Å². The third-order valence-corrected chi connectivity index (χ3v) is 9.23. The first-order chi connectivity index (χ1) is 28.4. The summed E-state index contributed by atoms with van der Waals surface area (Å²) in [4.78, 5) is 69.3. The highest BCUT2D eigenvalue weighted by atomic mass is 35.5. The molecule has 2 aromatic carbocycles. The first-order valence-corrected chi connectivity index (χ1v) is 20.3. The van der Waals surface area contributed by atoms with Crippen LogP contribution >= 0.6 is 30.6 Å². The number of hydrogen-bond donors (Lipinski definition) is 6. The van der Waals surface area contributed by atoms with E-state index in [1.54, 1.807) is 6.92 Å². The molecule has 4 rings (SSSR count). The molecule has 26 heteroatoms. The lowest BCUT2D eigenvalue weighted by atomic mass is 10.1. The number of rotatable bonds is 14. The average Bonchev–Trinajstić information content (AvgIpc) is 3.46. The zero-order valence-corrected chi connectivity index (χ0v) is 34.7. The van der Waals surface area contributed by atoms with Crippen molar-refractivity contribution in [1.29, 1.82) is 0 Å². The Balaban J connectivity index is 0.000000340. The Kier molecular flexibility index (Phi) is 19.6. The molecule has 2 aromatic heterocycles. The van der Waals surface area contributed by atoms with Crippen LogP contribution in [0.15, 0.2) is 58.6 Å². The molecule has 332 valence electrons. The number of urea groups is 1. The van der Waals surface area contributed by atoms with Gasteiger partial charge in [0.05, 0.1) is 17.9 Å². The number of halogens is 7. The van der Waals surface area contributed by atoms with Crippen molar-refractivity contribution in [3.63, 3.8) is 0 Å². The summed E-state index contributed by atoms with van der Waals surface area (Å²) in [6.07, 6.45) is 1.27. The Bertz CT molecular complexity index is 2340. The number of benzene rings is 2. The fourth-order valence-corrected chi connectivity index (χ4v) is 5.82. The summed E-state index contributed by atoms with van der Waals surface area (Å²) in [5, 5.41) is 25.8. The summed E-state index contributed by atoms with van der Waals surface area (Å²) >= 11 is 11.9. The Morgan fingerprint density at radius 1 is 1.08 bits per heavy atom. The zero-order chi connectivity index (χ0) is 46.4. The van der Waals surface area contributed by atoms with Crippen LogP contribution in [0.2, 0.25) is 5.02 Å². The number of ether oxygens (including phenoxy) is 1. The molecule has 0 spiro atoms. The molecule has 0 aliphatic carbocycles. The molecule has 4 aromatic rings. The molecule has 3 unspecified atom stereocenters. The molecule has 2 amide bonds. The molecule has 0 radical (unpaired) electrons. The highest BCUT2D eigenvalue weighted by Gasteiger charge is 2.24. The van der Waals surface area contributed by atoms with Gasteiger partial charge in [-0.1, -0.05) is 11.6 Å². The molecular weight excluding hydrogens is 889 g/mol. The monoisotopic (exact) mass is 926 g/mol. The number of pyridine rings is 1. The number of nitrogens with one attached hydrogen (secondary N) is 2. The number of carboxylic acid groups (broad SMARTS) is 2. The third-order valence-electron chi connectivity index (χ3n) is 7.46. The number of esters is 1. The minimum Gasteiger partial charge on any atom is -0.480 e. The van der Waals surface area contributed by atoms with E-state index in [4.69, 9.17) is 48.8 Å². The number of alkyl halides is 3. The van der Waals surface area contributed by atoms with Crippen molar-refractivity contribution in [3.8, 4) is 5.69 Å². The van der Waals surface area contributed by atoms with Gasteiger partial charge in [-0.15, -0.1) is 16.7 Å². The number of aliphatic carboxylic acids is 1. The van der Waals surface area contributed by atoms with Crippen LogP contribution in [-0.2, 0) is 25.3 Å². The predicted octanol–water partition coefficient (Wildman–Crippen LogP) is 5.54. The molecule has 0 saturated carbocycles. The van der Waals surface area contributed by atoms with Gasteiger partial charge in [0.2, 0.25) is 0 Å². The second-order valence-electron chi connectivity index (χ2n) is 12.3. The summed E-state index contributed by atoms with van der Waals surface area (Å²) in [5.74, 6) is -5.93. The first kappa shape index (κ1) is 51.4. The SMILES string of the molecule is C/C(=N\NC(=O)Nc1cc(F)cc(F)c1)c1ncccc1C(=O)O.CCOC(=O)C(Cl)Cc1cc(-n2nc(C)n(C(F)F)c2=O)c(F)cc1Cl.CP(=O)(O)CCC(N)C(=O)O. The lowest BCUT2D eigenvalue weighted by Gasteiger charge is -2.12. The number of anilines is 1. The maximum atomic E-state index is 14.2. The van der Waals surface area contributed by atoms with Gasteiger partial charge in [0.15, 0.2) is 13.2 Å². The van der Waals surface area contributed by atoms with Crippen LogP contribution in [0.4, 0.5) is 32.4 Å². The number of aryl methyl sites for hydroxylation is 1. The van der Waals surface area contributed by atoms with Crippen molar-refractivity contribution in [3.05, 3.63) is 104 Å². The van der Waals surface area contributed by atoms with Crippen LogP contribution < -0.4 is 22.2 Å². The zero-order valence-electron chi connectivity index (χ0n) is 32.3. The normalized spacial score (nSPS) is 13.0. The van der Waals surface area contributed by atoms with Crippen molar-refractivity contribution < 1.29 is 65.5 Å². The number of nitrogens with two attached hydrogens (primary N) is 1. The second-order valence-corrected chi connectivity index (χ2v) is 15.8. The molecule has 0 aliphatic heterocycles. The van der Waals surface area contributed by atoms with Gasteiger partial charge in [-0.05, 0) is 69.2 Å². The Hall–Kier alpha value is -5.74. The summed E-state index contributed by atoms with van der Waals surface area (Å²) in [5.41, 5.74) is 5.88. The van der Waals surface area contributed by atoms with Crippen LogP contribution in [0.1, 0.15) is 54.3 Å². The number of carbonyl (C=O) groups excluding carboxylic acids is 2. The fraction of sp³-hybridized carbons (Fsp3) is 0.314. The van der Waals surface area contributed by atoms with Gasteiger partial charge >= 0.3 is 36.2 Å². The minimum atomic E-state index is -3.12. The lowest BCUT2D eigenvalue weighted by molar-refractivity contribution is -0.142. The van der Waals surface area contributed by atoms with Crippen LogP contribution in [0.25, 0.3) is 5.69 Å². The third kappa shape index (κ3) is 16.3. The average molecular weight is 928 g/mol. The van der Waals surface area contributed by atoms with E-state index in [9.17, 15) is 50.5 Å². The van der Waals surface area contributed by atoms with Gasteiger partial charge < -0.3 is 30.9 Å². The maximum Gasteiger partial charge on any atom is 0.355 e. The standard InChI is InChI=1S/C15H14Cl2F3N3O3.C15H12F2N4O3.C5H12NO4P/c1-3-26-13(24)10(17)4-8-5-12(11(18)6-9(8)16)23-15(25)22(14(19)20)7(2)21-23;1-8(13-12(14(22)23)3-2-4-18-13)20-21-15(24)19-11-6-9(16)5-10(17)7-11;1-11(9,10)3-2-4(6)5(7)8/h5-6,10,14H,3-4H2,1-2H3;2-7H,1H3,(H,22,23)(H2,19,21,24);4H,2-3,6H2,1H3,(H,7,8)(H,9,10)/b;20-8+;. The Morgan fingerprint density at radius 2 is 1.70 bits per heavy atom. The van der Waals surface area contributed by atoms with Crippen molar-refractivity contribution >= 4 is 65.9 Å². The topological polar surface area (TPSA) is 270 Å². The lowest BCUT2D eigenvalue weighted by Crippen LogP contribution is -2.30. The summed E-state index contributed by atoms with van der Waals surface area (Å²) in [6.45, 7) is 2.44. The van der Waals surface area contributed by atoms with Crippen LogP contribution in [0.5, 0.6) is 0 Å². The van der Waals surface area contributed by atoms with E-state index in [0.29, 0.717) is 10.7 Å².